The van der Waals surface area contributed by atoms with E-state index in [0.29, 0.717) is 16.0 Å². The molecule has 0 unspecified atom stereocenters. The molecule has 0 radical (unpaired) electrons. The van der Waals surface area contributed by atoms with Gasteiger partial charge in [-0.1, -0.05) is 0 Å². The van der Waals surface area contributed by atoms with E-state index in [9.17, 15) is 0 Å². The zero-order valence-electron chi connectivity index (χ0n) is 8.85. The van der Waals surface area contributed by atoms with Gasteiger partial charge in [-0.3, -0.25) is 5.10 Å². The second-order valence-corrected chi connectivity index (χ2v) is 3.99. The fourth-order valence-corrected chi connectivity index (χ4v) is 1.86. The van der Waals surface area contributed by atoms with Crippen molar-refractivity contribution in [3.05, 3.63) is 11.9 Å². The van der Waals surface area contributed by atoms with Crippen LogP contribution in [0.5, 0.6) is 0 Å². The Hall–Kier alpha value is -1.83. The number of H-pyrrole nitrogens is 1. The van der Waals surface area contributed by atoms with E-state index in [1.54, 1.807) is 13.1 Å². The van der Waals surface area contributed by atoms with E-state index in [-0.39, 0.29) is 5.95 Å². The summed E-state index contributed by atoms with van der Waals surface area (Å²) in [5.41, 5.74) is 5.57. The molecule has 0 aliphatic rings. The molecule has 0 spiro atoms. The Balaban J connectivity index is 2.24. The topological polar surface area (TPSA) is 105 Å². The molecule has 0 saturated carbocycles. The number of nitrogen functional groups attached to an aromatic ring is 1. The number of aromatic nitrogens is 5. The fraction of sp³-hybridized carbons (Fsp3) is 0.250. The summed E-state index contributed by atoms with van der Waals surface area (Å²) in [5.74, 6) is 1.65. The van der Waals surface area contributed by atoms with E-state index in [4.69, 9.17) is 5.73 Å². The van der Waals surface area contributed by atoms with Crippen molar-refractivity contribution in [3.8, 4) is 0 Å². The lowest BCUT2D eigenvalue weighted by Crippen LogP contribution is -2.00. The molecule has 0 atom stereocenters. The quantitative estimate of drug-likeness (QED) is 0.674. The first-order chi connectivity index (χ1) is 7.67. The van der Waals surface area contributed by atoms with Crippen LogP contribution in [0.15, 0.2) is 16.2 Å². The molecule has 0 fully saturated rings. The normalized spacial score (nSPS) is 10.4. The number of nitrogens with two attached hydrogens (primary N) is 1. The zero-order valence-corrected chi connectivity index (χ0v) is 9.67. The van der Waals surface area contributed by atoms with Crippen LogP contribution in [-0.4, -0.2) is 32.2 Å². The Kier molecular flexibility index (Phi) is 2.91. The molecule has 0 aliphatic heterocycles. The summed E-state index contributed by atoms with van der Waals surface area (Å²) < 4.78 is 0. The van der Waals surface area contributed by atoms with Crippen molar-refractivity contribution in [2.75, 3.05) is 18.1 Å². The van der Waals surface area contributed by atoms with E-state index in [1.807, 2.05) is 6.92 Å². The Morgan fingerprint density at radius 1 is 1.38 bits per heavy atom. The Bertz CT molecular complexity index is 495. The monoisotopic (exact) mass is 237 g/mol. The van der Waals surface area contributed by atoms with Crippen LogP contribution in [-0.2, 0) is 0 Å². The summed E-state index contributed by atoms with van der Waals surface area (Å²) in [6, 6.07) is 1.78. The minimum Gasteiger partial charge on any atom is -0.373 e. The van der Waals surface area contributed by atoms with Gasteiger partial charge in [0.15, 0.2) is 0 Å². The molecule has 2 heterocycles. The lowest BCUT2D eigenvalue weighted by Gasteiger charge is -2.02. The first-order valence-corrected chi connectivity index (χ1v) is 5.38. The number of hydrogen-bond donors (Lipinski definition) is 3. The number of anilines is 2. The van der Waals surface area contributed by atoms with E-state index in [0.717, 1.165) is 5.82 Å². The molecule has 0 aliphatic carbocycles. The highest BCUT2D eigenvalue weighted by Gasteiger charge is 2.06. The Morgan fingerprint density at radius 3 is 2.81 bits per heavy atom. The smallest absolute Gasteiger partial charge is 0.223 e. The Morgan fingerprint density at radius 2 is 2.19 bits per heavy atom. The predicted octanol–water partition coefficient (Wildman–Crippen LogP) is 0.678. The minimum atomic E-state index is 0.224. The summed E-state index contributed by atoms with van der Waals surface area (Å²) in [4.78, 5) is 12.2. The number of nitrogens with one attached hydrogen (secondary N) is 2. The molecule has 4 N–H and O–H groups in total. The van der Waals surface area contributed by atoms with Crippen LogP contribution >= 0.6 is 11.8 Å². The average Bonchev–Trinajstić information content (AvgIpc) is 2.63. The van der Waals surface area contributed by atoms with Crippen molar-refractivity contribution in [2.45, 2.75) is 17.1 Å². The largest absolute Gasteiger partial charge is 0.373 e. The van der Waals surface area contributed by atoms with Crippen LogP contribution in [0.2, 0.25) is 0 Å². The first kappa shape index (κ1) is 10.7. The van der Waals surface area contributed by atoms with Crippen LogP contribution in [0.1, 0.15) is 5.82 Å². The molecule has 0 aromatic carbocycles. The average molecular weight is 237 g/mol. The number of aromatic amines is 1. The highest BCUT2D eigenvalue weighted by Crippen LogP contribution is 2.24. The third-order valence-corrected chi connectivity index (χ3v) is 2.53. The van der Waals surface area contributed by atoms with Crippen molar-refractivity contribution in [1.82, 2.24) is 25.1 Å². The van der Waals surface area contributed by atoms with Crippen molar-refractivity contribution in [2.24, 2.45) is 0 Å². The summed E-state index contributed by atoms with van der Waals surface area (Å²) >= 11 is 1.33. The zero-order chi connectivity index (χ0) is 11.5. The molecule has 0 saturated heterocycles. The first-order valence-electron chi connectivity index (χ1n) is 4.56. The second-order valence-electron chi connectivity index (χ2n) is 3.01. The molecule has 7 nitrogen and oxygen atoms in total. The minimum absolute atomic E-state index is 0.224. The number of nitrogens with zero attached hydrogens (tertiary/aromatic N) is 4. The van der Waals surface area contributed by atoms with Gasteiger partial charge in [0.05, 0.1) is 0 Å². The predicted molar refractivity (Wildman–Crippen MR) is 61.2 cm³/mol. The Labute approximate surface area is 96.3 Å². The van der Waals surface area contributed by atoms with Crippen molar-refractivity contribution < 1.29 is 0 Å². The summed E-state index contributed by atoms with van der Waals surface area (Å²) in [6.45, 7) is 1.84. The van der Waals surface area contributed by atoms with Gasteiger partial charge in [-0.2, -0.15) is 4.98 Å². The molecule has 8 heteroatoms. The molecule has 84 valence electrons. The van der Waals surface area contributed by atoms with Crippen LogP contribution in [0, 0.1) is 6.92 Å². The van der Waals surface area contributed by atoms with Gasteiger partial charge in [-0.15, -0.1) is 5.10 Å². The van der Waals surface area contributed by atoms with Gasteiger partial charge >= 0.3 is 0 Å². The maximum absolute atomic E-state index is 5.57. The van der Waals surface area contributed by atoms with Crippen LogP contribution < -0.4 is 11.1 Å². The SMILES string of the molecule is CNc1cc(Sc2n[nH]c(C)n2)nc(N)n1. The van der Waals surface area contributed by atoms with Gasteiger partial charge in [0, 0.05) is 13.1 Å². The van der Waals surface area contributed by atoms with E-state index in [2.05, 4.69) is 30.5 Å². The highest BCUT2D eigenvalue weighted by molar-refractivity contribution is 7.99. The van der Waals surface area contributed by atoms with Gasteiger partial charge in [0.2, 0.25) is 11.1 Å². The molecular weight excluding hydrogens is 226 g/mol. The number of rotatable bonds is 3. The van der Waals surface area contributed by atoms with Crippen molar-refractivity contribution in [1.29, 1.82) is 0 Å². The fourth-order valence-electron chi connectivity index (χ4n) is 1.08. The lowest BCUT2D eigenvalue weighted by molar-refractivity contribution is 0.962. The molecule has 16 heavy (non-hydrogen) atoms. The van der Waals surface area contributed by atoms with Gasteiger partial charge in [0.1, 0.15) is 16.7 Å². The third kappa shape index (κ3) is 2.40. The maximum Gasteiger partial charge on any atom is 0.223 e. The third-order valence-electron chi connectivity index (χ3n) is 1.75. The number of hydrogen-bond acceptors (Lipinski definition) is 7. The van der Waals surface area contributed by atoms with E-state index < -0.39 is 0 Å². The van der Waals surface area contributed by atoms with E-state index >= 15 is 0 Å². The lowest BCUT2D eigenvalue weighted by atomic mass is 10.6. The molecule has 2 rings (SSSR count). The van der Waals surface area contributed by atoms with Crippen molar-refractivity contribution in [3.63, 3.8) is 0 Å². The standard InChI is InChI=1S/C8H11N7S/c1-4-11-8(15-14-4)16-6-3-5(10-2)12-7(9)13-6/h3H,1-2H3,(H,11,14,15)(H3,9,10,12,13). The molecular formula is C8H11N7S. The van der Waals surface area contributed by atoms with Gasteiger partial charge in [-0.25, -0.2) is 9.97 Å². The van der Waals surface area contributed by atoms with Gasteiger partial charge in [0.25, 0.3) is 0 Å². The maximum atomic E-state index is 5.57. The summed E-state index contributed by atoms with van der Waals surface area (Å²) in [5, 5.41) is 11.0. The van der Waals surface area contributed by atoms with Crippen LogP contribution in [0.3, 0.4) is 0 Å². The van der Waals surface area contributed by atoms with Crippen molar-refractivity contribution >= 4 is 23.5 Å². The van der Waals surface area contributed by atoms with Gasteiger partial charge < -0.3 is 11.1 Å². The van der Waals surface area contributed by atoms with Gasteiger partial charge in [-0.05, 0) is 18.7 Å². The van der Waals surface area contributed by atoms with E-state index in [1.165, 1.54) is 11.8 Å². The molecule has 2 aromatic rings. The molecule has 0 bridgehead atoms. The number of aryl methyl sites for hydroxylation is 1. The van der Waals surface area contributed by atoms with Crippen LogP contribution in [0.4, 0.5) is 11.8 Å². The summed E-state index contributed by atoms with van der Waals surface area (Å²) in [7, 11) is 1.77. The second kappa shape index (κ2) is 4.35. The highest BCUT2D eigenvalue weighted by atomic mass is 32.2. The molecule has 2 aromatic heterocycles. The summed E-state index contributed by atoms with van der Waals surface area (Å²) in [6.07, 6.45) is 0. The van der Waals surface area contributed by atoms with Crippen LogP contribution in [0.25, 0.3) is 0 Å². The molecule has 0 amide bonds.